The molecule has 0 radical (unpaired) electrons. The van der Waals surface area contributed by atoms with Crippen molar-refractivity contribution in [3.8, 4) is 0 Å². The molecule has 21 heavy (non-hydrogen) atoms. The molecule has 1 unspecified atom stereocenters. The first-order valence-corrected chi connectivity index (χ1v) is 10.6. The molecular weight excluding hydrogens is 280 g/mol. The van der Waals surface area contributed by atoms with E-state index in [4.69, 9.17) is 4.74 Å². The summed E-state index contributed by atoms with van der Waals surface area (Å²) in [5, 5.41) is 10.4. The van der Waals surface area contributed by atoms with E-state index in [0.717, 1.165) is 5.56 Å². The highest BCUT2D eigenvalue weighted by molar-refractivity contribution is 6.83. The van der Waals surface area contributed by atoms with Crippen LogP contribution >= 0.6 is 0 Å². The van der Waals surface area contributed by atoms with Crippen LogP contribution in [0.5, 0.6) is 0 Å². The summed E-state index contributed by atoms with van der Waals surface area (Å²) in [6, 6.07) is 9.53. The molecule has 0 aromatic heterocycles. The average Bonchev–Trinajstić information content (AvgIpc) is 2.44. The Kier molecular flexibility index (Phi) is 5.76. The van der Waals surface area contributed by atoms with E-state index >= 15 is 0 Å². The molecule has 0 fully saturated rings. The van der Waals surface area contributed by atoms with Crippen LogP contribution in [0.25, 0.3) is 0 Å². The fraction of sp³-hybridized carbons (Fsp3) is 0.588. The number of hydrogen-bond donors (Lipinski definition) is 1. The maximum Gasteiger partial charge on any atom is 0.331 e. The van der Waals surface area contributed by atoms with Crippen LogP contribution in [-0.2, 0) is 16.1 Å². The van der Waals surface area contributed by atoms with Crippen molar-refractivity contribution in [2.45, 2.75) is 58.2 Å². The Balaban J connectivity index is 2.73. The summed E-state index contributed by atoms with van der Waals surface area (Å²) in [5.41, 5.74) is -0.0701. The van der Waals surface area contributed by atoms with E-state index in [2.05, 4.69) is 40.8 Å². The van der Waals surface area contributed by atoms with Crippen LogP contribution < -0.4 is 0 Å². The highest BCUT2D eigenvalue weighted by atomic mass is 28.3. The van der Waals surface area contributed by atoms with Gasteiger partial charge in [0.2, 0.25) is 0 Å². The predicted octanol–water partition coefficient (Wildman–Crippen LogP) is 3.77. The monoisotopic (exact) mass is 308 g/mol. The van der Waals surface area contributed by atoms with E-state index in [-0.39, 0.29) is 11.6 Å². The number of hydrogen-bond acceptors (Lipinski definition) is 3. The fourth-order valence-corrected chi connectivity index (χ4v) is 5.06. The Morgan fingerprint density at radius 1 is 1.24 bits per heavy atom. The zero-order chi connectivity index (χ0) is 16.3. The Bertz CT molecular complexity index is 466. The van der Waals surface area contributed by atoms with E-state index in [1.165, 1.54) is 0 Å². The van der Waals surface area contributed by atoms with Crippen molar-refractivity contribution in [3.63, 3.8) is 0 Å². The quantitative estimate of drug-likeness (QED) is 0.642. The van der Waals surface area contributed by atoms with Crippen LogP contribution in [0.15, 0.2) is 30.3 Å². The maximum absolute atomic E-state index is 12.2. The number of ether oxygens (including phenoxy) is 1. The first-order valence-electron chi connectivity index (χ1n) is 7.49. The van der Waals surface area contributed by atoms with Crippen LogP contribution in [0.1, 0.15) is 33.3 Å². The number of aliphatic hydroxyl groups excluding tert-OH is 1. The summed E-state index contributed by atoms with van der Waals surface area (Å²) in [6.45, 7) is 12.9. The lowest BCUT2D eigenvalue weighted by molar-refractivity contribution is -0.151. The van der Waals surface area contributed by atoms with E-state index in [0.29, 0.717) is 5.92 Å². The molecule has 118 valence electrons. The lowest BCUT2D eigenvalue weighted by Gasteiger charge is -2.45. The Hall–Kier alpha value is -1.13. The fourth-order valence-electron chi connectivity index (χ4n) is 2.20. The lowest BCUT2D eigenvalue weighted by atomic mass is 9.99. The molecule has 1 atom stereocenters. The predicted molar refractivity (Wildman–Crippen MR) is 88.6 cm³/mol. The summed E-state index contributed by atoms with van der Waals surface area (Å²) >= 11 is 0. The number of carbonyl (C=O) groups is 1. The van der Waals surface area contributed by atoms with Gasteiger partial charge < -0.3 is 9.84 Å². The van der Waals surface area contributed by atoms with Crippen molar-refractivity contribution in [1.29, 1.82) is 0 Å². The molecule has 1 N–H and O–H groups in total. The smallest absolute Gasteiger partial charge is 0.331 e. The van der Waals surface area contributed by atoms with Crippen molar-refractivity contribution >= 4 is 14.0 Å². The lowest BCUT2D eigenvalue weighted by Crippen LogP contribution is -2.56. The van der Waals surface area contributed by atoms with Crippen LogP contribution in [0, 0.1) is 5.92 Å². The summed E-state index contributed by atoms with van der Waals surface area (Å²) in [5.74, 6) is -0.0972. The summed E-state index contributed by atoms with van der Waals surface area (Å²) in [6.07, 6.45) is 0. The third-order valence-corrected chi connectivity index (χ3v) is 10.7. The Labute approximate surface area is 129 Å². The van der Waals surface area contributed by atoms with Crippen molar-refractivity contribution in [3.05, 3.63) is 35.9 Å². The highest BCUT2D eigenvalue weighted by Crippen LogP contribution is 2.45. The largest absolute Gasteiger partial charge is 0.459 e. The molecule has 0 saturated carbocycles. The number of rotatable bonds is 6. The third kappa shape index (κ3) is 3.95. The van der Waals surface area contributed by atoms with Gasteiger partial charge in [0.05, 0.1) is 0 Å². The molecule has 0 spiro atoms. The van der Waals surface area contributed by atoms with Gasteiger partial charge in [0.25, 0.3) is 0 Å². The van der Waals surface area contributed by atoms with Crippen molar-refractivity contribution < 1.29 is 14.6 Å². The topological polar surface area (TPSA) is 46.5 Å². The third-order valence-electron chi connectivity index (χ3n) is 5.23. The molecule has 0 heterocycles. The van der Waals surface area contributed by atoms with Gasteiger partial charge in [-0.25, -0.2) is 4.79 Å². The molecule has 1 aromatic rings. The van der Waals surface area contributed by atoms with Gasteiger partial charge in [-0.3, -0.25) is 0 Å². The van der Waals surface area contributed by atoms with Gasteiger partial charge >= 0.3 is 5.97 Å². The first-order chi connectivity index (χ1) is 9.60. The molecule has 0 aliphatic carbocycles. The Morgan fingerprint density at radius 2 is 1.76 bits per heavy atom. The Morgan fingerprint density at radius 3 is 2.24 bits per heavy atom. The number of benzene rings is 1. The standard InChI is InChI=1S/C17H28O3Si/c1-13(2)17(3,4)21(5,6)16(19)15(18)20-12-14-10-8-7-9-11-14/h7-11,13,16,19H,12H2,1-6H3. The maximum atomic E-state index is 12.2. The number of carbonyl (C=O) groups excluding carboxylic acids is 1. The van der Waals surface area contributed by atoms with Gasteiger partial charge in [0, 0.05) is 0 Å². The second-order valence-electron chi connectivity index (χ2n) is 7.09. The normalized spacial score (nSPS) is 14.1. The van der Waals surface area contributed by atoms with E-state index in [1.807, 2.05) is 30.3 Å². The molecule has 0 aliphatic rings. The summed E-state index contributed by atoms with van der Waals surface area (Å²) in [7, 11) is -2.22. The molecule has 0 saturated heterocycles. The van der Waals surface area contributed by atoms with E-state index < -0.39 is 19.8 Å². The van der Waals surface area contributed by atoms with Gasteiger partial charge in [0.15, 0.2) is 0 Å². The van der Waals surface area contributed by atoms with E-state index in [9.17, 15) is 9.90 Å². The zero-order valence-electron chi connectivity index (χ0n) is 14.0. The van der Waals surface area contributed by atoms with Gasteiger partial charge in [-0.05, 0) is 16.5 Å². The molecule has 0 amide bonds. The molecular formula is C17H28O3Si. The van der Waals surface area contributed by atoms with Crippen LogP contribution in [0.4, 0.5) is 0 Å². The van der Waals surface area contributed by atoms with Crippen LogP contribution in [0.3, 0.4) is 0 Å². The van der Waals surface area contributed by atoms with Gasteiger partial charge in [0.1, 0.15) is 20.4 Å². The average molecular weight is 308 g/mol. The van der Waals surface area contributed by atoms with Crippen LogP contribution in [-0.4, -0.2) is 24.9 Å². The highest BCUT2D eigenvalue weighted by Gasteiger charge is 2.49. The molecule has 1 rings (SSSR count). The minimum atomic E-state index is -2.22. The van der Waals surface area contributed by atoms with Crippen molar-refractivity contribution in [2.24, 2.45) is 5.92 Å². The van der Waals surface area contributed by atoms with Gasteiger partial charge in [-0.2, -0.15) is 0 Å². The second kappa shape index (κ2) is 6.75. The van der Waals surface area contributed by atoms with Crippen molar-refractivity contribution in [2.75, 3.05) is 0 Å². The number of esters is 1. The molecule has 0 aliphatic heterocycles. The molecule has 4 heteroatoms. The van der Waals surface area contributed by atoms with E-state index in [1.54, 1.807) is 0 Å². The SMILES string of the molecule is CC(C)C(C)(C)[Si](C)(C)C(O)C(=O)OCc1ccccc1. The molecule has 0 bridgehead atoms. The zero-order valence-corrected chi connectivity index (χ0v) is 15.0. The van der Waals surface area contributed by atoms with Crippen molar-refractivity contribution in [1.82, 2.24) is 0 Å². The minimum Gasteiger partial charge on any atom is -0.459 e. The number of aliphatic hydroxyl groups is 1. The van der Waals surface area contributed by atoms with Gasteiger partial charge in [-0.1, -0.05) is 71.1 Å². The summed E-state index contributed by atoms with van der Waals surface area (Å²) in [4.78, 5) is 12.2. The van der Waals surface area contributed by atoms with Gasteiger partial charge in [-0.15, -0.1) is 0 Å². The van der Waals surface area contributed by atoms with Crippen LogP contribution in [0.2, 0.25) is 18.1 Å². The second-order valence-corrected chi connectivity index (χ2v) is 12.4. The minimum absolute atomic E-state index is 0.0574. The first kappa shape index (κ1) is 17.9. The molecule has 1 aromatic carbocycles. The molecule has 3 nitrogen and oxygen atoms in total. The summed E-state index contributed by atoms with van der Waals surface area (Å²) < 4.78 is 5.30.